The first-order chi connectivity index (χ1) is 12.5. The second kappa shape index (κ2) is 7.59. The van der Waals surface area contributed by atoms with Crippen molar-refractivity contribution in [2.75, 3.05) is 7.11 Å². The minimum absolute atomic E-state index is 0.0730. The number of carbonyl (C=O) groups excluding carboxylic acids is 1. The van der Waals surface area contributed by atoms with E-state index in [-0.39, 0.29) is 17.4 Å². The first kappa shape index (κ1) is 18.0. The van der Waals surface area contributed by atoms with Crippen LogP contribution in [0.2, 0.25) is 0 Å². The van der Waals surface area contributed by atoms with Gasteiger partial charge in [-0.05, 0) is 50.5 Å². The fraction of sp³-hybridized carbons (Fsp3) is 0.421. The number of aromatic nitrogens is 2. The Morgan fingerprint density at radius 3 is 2.62 bits per heavy atom. The van der Waals surface area contributed by atoms with Crippen LogP contribution in [0.4, 0.5) is 0 Å². The number of methoxy groups -OCH3 is 1. The van der Waals surface area contributed by atoms with E-state index in [4.69, 9.17) is 4.74 Å². The highest BCUT2D eigenvalue weighted by atomic mass is 16.5. The van der Waals surface area contributed by atoms with E-state index in [1.165, 1.54) is 4.68 Å². The highest BCUT2D eigenvalue weighted by Gasteiger charge is 2.29. The third-order valence-corrected chi connectivity index (χ3v) is 4.44. The molecule has 1 aliphatic rings. The van der Waals surface area contributed by atoms with Crippen LogP contribution >= 0.6 is 0 Å². The molecule has 7 nitrogen and oxygen atoms in total. The van der Waals surface area contributed by atoms with Crippen LogP contribution in [0.15, 0.2) is 34.2 Å². The Kier molecular flexibility index (Phi) is 5.25. The summed E-state index contributed by atoms with van der Waals surface area (Å²) < 4.78 is 6.66. The Morgan fingerprint density at radius 1 is 1.35 bits per heavy atom. The summed E-state index contributed by atoms with van der Waals surface area (Å²) in [6.45, 7) is 3.80. The maximum absolute atomic E-state index is 13.0. The van der Waals surface area contributed by atoms with E-state index in [0.29, 0.717) is 17.0 Å². The number of H-pyrrole nitrogens is 1. The molecule has 1 heterocycles. The number of aromatic amines is 1. The lowest BCUT2D eigenvalue weighted by atomic mass is 10.1. The highest BCUT2D eigenvalue weighted by Crippen LogP contribution is 2.28. The van der Waals surface area contributed by atoms with Crippen molar-refractivity contribution >= 4 is 11.6 Å². The third kappa shape index (κ3) is 3.71. The molecule has 3 rings (SSSR count). The zero-order chi connectivity index (χ0) is 18.7. The van der Waals surface area contributed by atoms with Crippen molar-refractivity contribution in [2.24, 2.45) is 11.0 Å². The summed E-state index contributed by atoms with van der Waals surface area (Å²) >= 11 is 0. The van der Waals surface area contributed by atoms with Gasteiger partial charge in [0.1, 0.15) is 5.75 Å². The van der Waals surface area contributed by atoms with Crippen molar-refractivity contribution in [1.29, 1.82) is 0 Å². The van der Waals surface area contributed by atoms with Gasteiger partial charge in [-0.15, -0.1) is 0 Å². The SMILES string of the molecule is CCCc1[nH]n(-c2ccc(OC)cc2)c(=O)c1C(C)=NNC(=O)C1CC1. The zero-order valence-electron chi connectivity index (χ0n) is 15.3. The zero-order valence-corrected chi connectivity index (χ0v) is 15.3. The third-order valence-electron chi connectivity index (χ3n) is 4.44. The van der Waals surface area contributed by atoms with Gasteiger partial charge in [-0.3, -0.25) is 14.7 Å². The molecule has 1 amide bonds. The van der Waals surface area contributed by atoms with Gasteiger partial charge in [0.25, 0.3) is 5.56 Å². The molecule has 2 N–H and O–H groups in total. The summed E-state index contributed by atoms with van der Waals surface area (Å²) in [6, 6.07) is 7.24. The van der Waals surface area contributed by atoms with Crippen LogP contribution in [0.3, 0.4) is 0 Å². The van der Waals surface area contributed by atoms with E-state index in [0.717, 1.165) is 37.1 Å². The molecule has 0 radical (unpaired) electrons. The van der Waals surface area contributed by atoms with Gasteiger partial charge in [0, 0.05) is 11.6 Å². The van der Waals surface area contributed by atoms with Gasteiger partial charge < -0.3 is 4.74 Å². The topological polar surface area (TPSA) is 88.5 Å². The lowest BCUT2D eigenvalue weighted by Crippen LogP contribution is -2.24. The Hall–Kier alpha value is -2.83. The number of rotatable bonds is 7. The molecule has 1 aromatic carbocycles. The lowest BCUT2D eigenvalue weighted by molar-refractivity contribution is -0.122. The molecular weight excluding hydrogens is 332 g/mol. The van der Waals surface area contributed by atoms with Crippen LogP contribution in [0.1, 0.15) is 44.4 Å². The van der Waals surface area contributed by atoms with Crippen LogP contribution in [-0.4, -0.2) is 28.5 Å². The number of carbonyl (C=O) groups is 1. The van der Waals surface area contributed by atoms with Crippen molar-refractivity contribution in [2.45, 2.75) is 39.5 Å². The monoisotopic (exact) mass is 356 g/mol. The van der Waals surface area contributed by atoms with E-state index in [1.807, 2.05) is 19.1 Å². The van der Waals surface area contributed by atoms with E-state index < -0.39 is 0 Å². The lowest BCUT2D eigenvalue weighted by Gasteiger charge is -2.03. The second-order valence-electron chi connectivity index (χ2n) is 6.50. The molecule has 0 atom stereocenters. The van der Waals surface area contributed by atoms with Gasteiger partial charge in [-0.2, -0.15) is 5.10 Å². The summed E-state index contributed by atoms with van der Waals surface area (Å²) in [4.78, 5) is 24.8. The molecule has 0 bridgehead atoms. The summed E-state index contributed by atoms with van der Waals surface area (Å²) in [7, 11) is 1.60. The van der Waals surface area contributed by atoms with Crippen molar-refractivity contribution in [3.63, 3.8) is 0 Å². The minimum Gasteiger partial charge on any atom is -0.497 e. The maximum Gasteiger partial charge on any atom is 0.280 e. The smallest absolute Gasteiger partial charge is 0.280 e. The molecular formula is C19H24N4O3. The number of aryl methyl sites for hydroxylation is 1. The van der Waals surface area contributed by atoms with Crippen molar-refractivity contribution in [3.8, 4) is 11.4 Å². The number of benzene rings is 1. The van der Waals surface area contributed by atoms with Gasteiger partial charge >= 0.3 is 0 Å². The fourth-order valence-corrected chi connectivity index (χ4v) is 2.83. The Morgan fingerprint density at radius 2 is 2.04 bits per heavy atom. The number of nitrogens with one attached hydrogen (secondary N) is 2. The Bertz CT molecular complexity index is 873. The minimum atomic E-state index is -0.180. The fourth-order valence-electron chi connectivity index (χ4n) is 2.83. The van der Waals surface area contributed by atoms with Crippen molar-refractivity contribution < 1.29 is 9.53 Å². The molecule has 138 valence electrons. The summed E-state index contributed by atoms with van der Waals surface area (Å²) in [5.41, 5.74) is 4.95. The van der Waals surface area contributed by atoms with Gasteiger partial charge in [-0.1, -0.05) is 13.3 Å². The molecule has 0 spiro atoms. The number of hydrazone groups is 1. The van der Waals surface area contributed by atoms with Gasteiger partial charge in [0.2, 0.25) is 5.91 Å². The van der Waals surface area contributed by atoms with Crippen LogP contribution in [0, 0.1) is 5.92 Å². The average molecular weight is 356 g/mol. The van der Waals surface area contributed by atoms with Gasteiger partial charge in [-0.25, -0.2) is 10.1 Å². The summed E-state index contributed by atoms with van der Waals surface area (Å²) in [5.74, 6) is 0.721. The van der Waals surface area contributed by atoms with E-state index in [2.05, 4.69) is 15.6 Å². The predicted octanol–water partition coefficient (Wildman–Crippen LogP) is 2.38. The molecule has 1 fully saturated rings. The highest BCUT2D eigenvalue weighted by molar-refractivity contribution is 6.00. The molecule has 0 unspecified atom stereocenters. The van der Waals surface area contributed by atoms with Crippen LogP contribution < -0.4 is 15.7 Å². The number of ether oxygens (including phenoxy) is 1. The maximum atomic E-state index is 13.0. The van der Waals surface area contributed by atoms with E-state index in [1.54, 1.807) is 26.2 Å². The molecule has 0 aliphatic heterocycles. The Labute approximate surface area is 152 Å². The molecule has 7 heteroatoms. The molecule has 0 saturated heterocycles. The second-order valence-corrected chi connectivity index (χ2v) is 6.50. The standard InChI is InChI=1S/C19H24N4O3/c1-4-5-16-17(12(2)20-21-18(24)13-6-7-13)19(25)23(22-16)14-8-10-15(26-3)11-9-14/h8-11,13,22H,4-7H2,1-3H3,(H,21,24). The number of hydrogen-bond donors (Lipinski definition) is 2. The normalized spacial score (nSPS) is 14.3. The predicted molar refractivity (Wildman–Crippen MR) is 100 cm³/mol. The molecule has 1 saturated carbocycles. The first-order valence-corrected chi connectivity index (χ1v) is 8.88. The summed E-state index contributed by atoms with van der Waals surface area (Å²) in [5, 5.41) is 7.34. The van der Waals surface area contributed by atoms with Gasteiger partial charge in [0.15, 0.2) is 0 Å². The quantitative estimate of drug-likeness (QED) is 0.590. The van der Waals surface area contributed by atoms with Crippen molar-refractivity contribution in [3.05, 3.63) is 45.9 Å². The number of hydrogen-bond acceptors (Lipinski definition) is 4. The number of nitrogens with zero attached hydrogens (tertiary/aromatic N) is 2. The van der Waals surface area contributed by atoms with Crippen LogP contribution in [0.5, 0.6) is 5.75 Å². The van der Waals surface area contributed by atoms with Gasteiger partial charge in [0.05, 0.1) is 24.1 Å². The Balaban J connectivity index is 1.95. The summed E-state index contributed by atoms with van der Waals surface area (Å²) in [6.07, 6.45) is 3.43. The number of amides is 1. The molecule has 1 aliphatic carbocycles. The average Bonchev–Trinajstić information content (AvgIpc) is 3.45. The molecule has 2 aromatic rings. The molecule has 26 heavy (non-hydrogen) atoms. The molecule has 1 aromatic heterocycles. The first-order valence-electron chi connectivity index (χ1n) is 8.88. The van der Waals surface area contributed by atoms with Crippen LogP contribution in [0.25, 0.3) is 5.69 Å². The largest absolute Gasteiger partial charge is 0.497 e. The van der Waals surface area contributed by atoms with Crippen LogP contribution in [-0.2, 0) is 11.2 Å². The van der Waals surface area contributed by atoms with Crippen molar-refractivity contribution in [1.82, 2.24) is 15.2 Å². The van der Waals surface area contributed by atoms with E-state index in [9.17, 15) is 9.59 Å². The van der Waals surface area contributed by atoms with E-state index >= 15 is 0 Å².